The summed E-state index contributed by atoms with van der Waals surface area (Å²) in [4.78, 5) is 28.0. The van der Waals surface area contributed by atoms with E-state index in [2.05, 4.69) is 17.9 Å². The average molecular weight is 430 g/mol. The quantitative estimate of drug-likeness (QED) is 0.468. The van der Waals surface area contributed by atoms with Crippen molar-refractivity contribution < 1.29 is 19.1 Å². The minimum atomic E-state index is -0.645. The highest BCUT2D eigenvalue weighted by Gasteiger charge is 2.39. The predicted octanol–water partition coefficient (Wildman–Crippen LogP) is 5.49. The third kappa shape index (κ3) is 5.14. The monoisotopic (exact) mass is 429 g/mol. The average Bonchev–Trinajstić information content (AvgIpc) is 2.68. The fourth-order valence-corrected chi connectivity index (χ4v) is 4.65. The maximum Gasteiger partial charge on any atom is 0.316 e. The van der Waals surface area contributed by atoms with E-state index >= 15 is 0 Å². The zero-order valence-electron chi connectivity index (χ0n) is 20.3. The molecule has 0 spiro atoms. The van der Waals surface area contributed by atoms with E-state index in [1.165, 1.54) is 12.0 Å². The molecule has 2 aliphatic rings. The van der Waals surface area contributed by atoms with Gasteiger partial charge in [0.2, 0.25) is 0 Å². The van der Waals surface area contributed by atoms with Gasteiger partial charge in [-0.3, -0.25) is 14.5 Å². The summed E-state index contributed by atoms with van der Waals surface area (Å²) >= 11 is 0. The lowest BCUT2D eigenvalue weighted by atomic mass is 9.74. The van der Waals surface area contributed by atoms with Crippen molar-refractivity contribution in [3.8, 4) is 11.5 Å². The van der Waals surface area contributed by atoms with Crippen LogP contribution in [-0.2, 0) is 16.0 Å². The molecule has 0 aromatic heterocycles. The van der Waals surface area contributed by atoms with E-state index in [1.807, 2.05) is 47.6 Å². The van der Waals surface area contributed by atoms with Gasteiger partial charge in [-0.05, 0) is 104 Å². The van der Waals surface area contributed by atoms with Crippen molar-refractivity contribution in [2.24, 2.45) is 10.8 Å². The third-order valence-electron chi connectivity index (χ3n) is 6.38. The van der Waals surface area contributed by atoms with Gasteiger partial charge in [-0.2, -0.15) is 0 Å². The fourth-order valence-electron chi connectivity index (χ4n) is 4.65. The summed E-state index contributed by atoms with van der Waals surface area (Å²) in [5.41, 5.74) is 1.00. The minimum Gasteiger partial charge on any atom is -0.422 e. The summed E-state index contributed by atoms with van der Waals surface area (Å²) < 4.78 is 11.7. The topological polar surface area (TPSA) is 55.8 Å². The zero-order chi connectivity index (χ0) is 23.0. The van der Waals surface area contributed by atoms with Gasteiger partial charge >= 0.3 is 11.9 Å². The highest BCUT2D eigenvalue weighted by molar-refractivity contribution is 5.82. The second kappa shape index (κ2) is 8.93. The number of likely N-dealkylation sites (tertiary alicyclic amines) is 1. The molecule has 5 heteroatoms. The van der Waals surface area contributed by atoms with Crippen molar-refractivity contribution in [3.05, 3.63) is 23.3 Å². The molecule has 172 valence electrons. The maximum absolute atomic E-state index is 12.8. The lowest BCUT2D eigenvalue weighted by Crippen LogP contribution is -2.46. The maximum atomic E-state index is 12.8. The molecule has 3 rings (SSSR count). The fraction of sp³-hybridized carbons (Fsp3) is 0.692. The van der Waals surface area contributed by atoms with E-state index in [-0.39, 0.29) is 11.9 Å². The molecule has 0 N–H and O–H groups in total. The van der Waals surface area contributed by atoms with Crippen LogP contribution in [0.15, 0.2) is 12.1 Å². The number of hydrogen-bond donors (Lipinski definition) is 0. The van der Waals surface area contributed by atoms with Crippen LogP contribution in [0.3, 0.4) is 0 Å². The molecular formula is C26H39NO4. The van der Waals surface area contributed by atoms with Gasteiger partial charge < -0.3 is 9.47 Å². The van der Waals surface area contributed by atoms with Crippen LogP contribution < -0.4 is 9.47 Å². The molecule has 2 atom stereocenters. The van der Waals surface area contributed by atoms with Crippen LogP contribution in [0, 0.1) is 10.8 Å². The lowest BCUT2D eigenvalue weighted by Gasteiger charge is -2.45. The summed E-state index contributed by atoms with van der Waals surface area (Å²) in [6.07, 6.45) is 5.34. The number of ether oxygens (including phenoxy) is 2. The second-order valence-electron chi connectivity index (χ2n) is 11.1. The van der Waals surface area contributed by atoms with Gasteiger partial charge in [0, 0.05) is 11.6 Å². The molecular weight excluding hydrogens is 390 g/mol. The molecule has 0 radical (unpaired) electrons. The molecule has 1 aliphatic carbocycles. The van der Waals surface area contributed by atoms with Gasteiger partial charge in [0.05, 0.1) is 10.8 Å². The molecule has 1 aromatic rings. The van der Waals surface area contributed by atoms with Gasteiger partial charge in [-0.1, -0.05) is 13.0 Å². The second-order valence-corrected chi connectivity index (χ2v) is 11.1. The number of carbonyl (C=O) groups excluding carboxylic acids is 2. The number of esters is 2. The number of piperidine rings is 1. The van der Waals surface area contributed by atoms with Crippen LogP contribution in [0.5, 0.6) is 11.5 Å². The summed E-state index contributed by atoms with van der Waals surface area (Å²) in [5.74, 6) is 0.592. The SMILES string of the molecule is CCCN1CCCC2c3ccc(OC(=O)C(C)(C)C)c(OC(=O)C(C)(C)C)c3CCC21. The molecule has 1 saturated heterocycles. The summed E-state index contributed by atoms with van der Waals surface area (Å²) in [6, 6.07) is 4.46. The Labute approximate surface area is 187 Å². The Bertz CT molecular complexity index is 829. The molecule has 5 nitrogen and oxygen atoms in total. The Balaban J connectivity index is 2.02. The molecule has 1 fully saturated rings. The van der Waals surface area contributed by atoms with E-state index < -0.39 is 10.8 Å². The minimum absolute atomic E-state index is 0.313. The van der Waals surface area contributed by atoms with E-state index in [4.69, 9.17) is 9.47 Å². The van der Waals surface area contributed by atoms with Gasteiger partial charge in [-0.25, -0.2) is 0 Å². The smallest absolute Gasteiger partial charge is 0.316 e. The molecule has 1 heterocycles. The Kier molecular flexibility index (Phi) is 6.85. The first-order valence-electron chi connectivity index (χ1n) is 11.8. The van der Waals surface area contributed by atoms with Crippen molar-refractivity contribution in [3.63, 3.8) is 0 Å². The molecule has 2 unspecified atom stereocenters. The van der Waals surface area contributed by atoms with Crippen molar-refractivity contribution in [2.75, 3.05) is 13.1 Å². The first kappa shape index (κ1) is 23.8. The van der Waals surface area contributed by atoms with E-state index in [9.17, 15) is 9.59 Å². The van der Waals surface area contributed by atoms with Crippen molar-refractivity contribution >= 4 is 11.9 Å². The number of benzene rings is 1. The van der Waals surface area contributed by atoms with E-state index in [0.29, 0.717) is 23.5 Å². The molecule has 0 bridgehead atoms. The summed E-state index contributed by atoms with van der Waals surface area (Å²) in [6.45, 7) is 15.5. The van der Waals surface area contributed by atoms with Crippen molar-refractivity contribution in [1.29, 1.82) is 0 Å². The van der Waals surface area contributed by atoms with Gasteiger partial charge in [0.15, 0.2) is 11.5 Å². The van der Waals surface area contributed by atoms with Gasteiger partial charge in [0.25, 0.3) is 0 Å². The Morgan fingerprint density at radius 3 is 2.26 bits per heavy atom. The predicted molar refractivity (Wildman–Crippen MR) is 123 cm³/mol. The van der Waals surface area contributed by atoms with Crippen molar-refractivity contribution in [2.45, 2.75) is 92.5 Å². The third-order valence-corrected chi connectivity index (χ3v) is 6.38. The molecule has 0 saturated carbocycles. The van der Waals surface area contributed by atoms with Crippen LogP contribution in [-0.4, -0.2) is 36.0 Å². The summed E-state index contributed by atoms with van der Waals surface area (Å²) in [7, 11) is 0. The number of nitrogens with zero attached hydrogens (tertiary/aromatic N) is 1. The van der Waals surface area contributed by atoms with Crippen LogP contribution >= 0.6 is 0 Å². The molecule has 31 heavy (non-hydrogen) atoms. The van der Waals surface area contributed by atoms with Gasteiger partial charge in [0.1, 0.15) is 0 Å². The highest BCUT2D eigenvalue weighted by Crippen LogP contribution is 2.47. The number of rotatable bonds is 4. The highest BCUT2D eigenvalue weighted by atomic mass is 16.6. The van der Waals surface area contributed by atoms with Crippen molar-refractivity contribution in [1.82, 2.24) is 4.90 Å². The largest absolute Gasteiger partial charge is 0.422 e. The van der Waals surface area contributed by atoms with Crippen LogP contribution in [0.2, 0.25) is 0 Å². The van der Waals surface area contributed by atoms with Crippen LogP contribution in [0.4, 0.5) is 0 Å². The lowest BCUT2D eigenvalue weighted by molar-refractivity contribution is -0.145. The standard InChI is InChI=1S/C26H39NO4/c1-8-15-27-16-9-10-18-17-12-14-21(30-23(28)25(2,3)4)22(19(17)11-13-20(18)27)31-24(29)26(5,6)7/h12,14,18,20H,8-11,13,15-16H2,1-7H3. The number of carbonyl (C=O) groups is 2. The summed E-state index contributed by atoms with van der Waals surface area (Å²) in [5, 5.41) is 0. The Morgan fingerprint density at radius 1 is 1.00 bits per heavy atom. The first-order valence-corrected chi connectivity index (χ1v) is 11.8. The van der Waals surface area contributed by atoms with E-state index in [0.717, 1.165) is 44.3 Å². The van der Waals surface area contributed by atoms with Crippen LogP contribution in [0.1, 0.15) is 91.2 Å². The van der Waals surface area contributed by atoms with Gasteiger partial charge in [-0.15, -0.1) is 0 Å². The molecule has 1 aromatic carbocycles. The van der Waals surface area contributed by atoms with Crippen LogP contribution in [0.25, 0.3) is 0 Å². The Hall–Kier alpha value is -1.88. The Morgan fingerprint density at radius 2 is 1.65 bits per heavy atom. The molecule has 1 aliphatic heterocycles. The number of fused-ring (bicyclic) bond motifs is 3. The normalized spacial score (nSPS) is 21.8. The first-order chi connectivity index (χ1) is 14.4. The van der Waals surface area contributed by atoms with E-state index in [1.54, 1.807) is 0 Å². The zero-order valence-corrected chi connectivity index (χ0v) is 20.3. The number of hydrogen-bond acceptors (Lipinski definition) is 5. The molecule has 0 amide bonds.